The second kappa shape index (κ2) is 6.28. The van der Waals surface area contributed by atoms with Crippen LogP contribution in [0.25, 0.3) is 11.0 Å². The molecule has 0 saturated heterocycles. The fourth-order valence-electron chi connectivity index (χ4n) is 2.89. The Morgan fingerprint density at radius 2 is 2.16 bits per heavy atom. The Balaban J connectivity index is 1.60. The van der Waals surface area contributed by atoms with Gasteiger partial charge < -0.3 is 14.4 Å². The molecule has 0 saturated carbocycles. The third-order valence-corrected chi connectivity index (χ3v) is 4.07. The summed E-state index contributed by atoms with van der Waals surface area (Å²) in [5.41, 5.74) is 1.83. The average molecular weight is 336 g/mol. The predicted molar refractivity (Wildman–Crippen MR) is 90.2 cm³/mol. The van der Waals surface area contributed by atoms with Crippen molar-refractivity contribution in [2.45, 2.75) is 19.5 Å². The molecule has 1 aromatic carbocycles. The number of hydrogen-bond acceptors (Lipinski definition) is 7. The highest BCUT2D eigenvalue weighted by Gasteiger charge is 2.16. The Kier molecular flexibility index (Phi) is 3.82. The molecular weight excluding hydrogens is 320 g/mol. The van der Waals surface area contributed by atoms with E-state index in [1.165, 1.54) is 6.33 Å². The number of aryl methyl sites for hydroxylation is 1. The van der Waals surface area contributed by atoms with Gasteiger partial charge in [0.2, 0.25) is 6.79 Å². The lowest BCUT2D eigenvalue weighted by Gasteiger charge is -2.19. The quantitative estimate of drug-likeness (QED) is 0.705. The molecule has 25 heavy (non-hydrogen) atoms. The molecule has 1 aliphatic rings. The van der Waals surface area contributed by atoms with Crippen molar-refractivity contribution in [3.63, 3.8) is 0 Å². The van der Waals surface area contributed by atoms with Crippen molar-refractivity contribution >= 4 is 16.9 Å². The Morgan fingerprint density at radius 3 is 3.04 bits per heavy atom. The highest BCUT2D eigenvalue weighted by Crippen LogP contribution is 2.33. The molecule has 1 aliphatic heterocycles. The van der Waals surface area contributed by atoms with Gasteiger partial charge in [0.15, 0.2) is 17.1 Å². The van der Waals surface area contributed by atoms with E-state index in [1.54, 1.807) is 10.9 Å². The number of hydrogen-bond donors (Lipinski definition) is 0. The lowest BCUT2D eigenvalue weighted by Crippen LogP contribution is -2.18. The minimum atomic E-state index is 0.267. The topological polar surface area (TPSA) is 89.1 Å². The number of aromatic nitrogens is 4. The molecule has 0 atom stereocenters. The summed E-state index contributed by atoms with van der Waals surface area (Å²) >= 11 is 0. The van der Waals surface area contributed by atoms with Gasteiger partial charge >= 0.3 is 0 Å². The third kappa shape index (κ3) is 2.80. The molecule has 3 heterocycles. The number of fused-ring (bicyclic) bond motifs is 2. The molecule has 4 rings (SSSR count). The number of anilines is 1. The van der Waals surface area contributed by atoms with Crippen molar-refractivity contribution < 1.29 is 9.47 Å². The van der Waals surface area contributed by atoms with Crippen molar-refractivity contribution in [2.24, 2.45) is 0 Å². The Morgan fingerprint density at radius 1 is 1.28 bits per heavy atom. The van der Waals surface area contributed by atoms with Crippen LogP contribution in [0.1, 0.15) is 12.0 Å². The summed E-state index contributed by atoms with van der Waals surface area (Å²) < 4.78 is 12.5. The van der Waals surface area contributed by atoms with Crippen LogP contribution >= 0.6 is 0 Å². The molecule has 8 heteroatoms. The van der Waals surface area contributed by atoms with E-state index in [0.29, 0.717) is 19.5 Å². The first-order valence-electron chi connectivity index (χ1n) is 7.89. The molecule has 0 bridgehead atoms. The molecule has 0 amide bonds. The van der Waals surface area contributed by atoms with E-state index < -0.39 is 0 Å². The van der Waals surface area contributed by atoms with Crippen molar-refractivity contribution in [1.29, 1.82) is 5.26 Å². The van der Waals surface area contributed by atoms with Crippen molar-refractivity contribution in [1.82, 2.24) is 19.7 Å². The van der Waals surface area contributed by atoms with Gasteiger partial charge in [-0.2, -0.15) is 10.4 Å². The van der Waals surface area contributed by atoms with Gasteiger partial charge in [0.05, 0.1) is 30.6 Å². The normalized spacial score (nSPS) is 12.3. The lowest BCUT2D eigenvalue weighted by atomic mass is 10.2. The highest BCUT2D eigenvalue weighted by atomic mass is 16.7. The van der Waals surface area contributed by atoms with Crippen LogP contribution in [0.4, 0.5) is 5.82 Å². The molecule has 0 radical (unpaired) electrons. The van der Waals surface area contributed by atoms with Crippen LogP contribution in [-0.2, 0) is 13.1 Å². The smallest absolute Gasteiger partial charge is 0.231 e. The minimum Gasteiger partial charge on any atom is -0.454 e. The summed E-state index contributed by atoms with van der Waals surface area (Å²) in [5.74, 6) is 2.34. The maximum absolute atomic E-state index is 8.76. The van der Waals surface area contributed by atoms with Gasteiger partial charge in [0.1, 0.15) is 12.1 Å². The Hall–Kier alpha value is -3.34. The fraction of sp³-hybridized carbons (Fsp3) is 0.294. The standard InChI is InChI=1S/C17H16N6O2/c1-22(9-12-3-4-14-15(7-12)25-11-24-14)16-13-8-21-23(6-2-5-18)17(13)20-10-19-16/h3-4,7-8,10H,2,6,9,11H2,1H3. The Labute approximate surface area is 144 Å². The zero-order valence-electron chi connectivity index (χ0n) is 13.7. The van der Waals surface area contributed by atoms with Gasteiger partial charge in [-0.15, -0.1) is 0 Å². The first-order valence-corrected chi connectivity index (χ1v) is 7.89. The maximum atomic E-state index is 8.76. The average Bonchev–Trinajstić information content (AvgIpc) is 3.25. The molecule has 8 nitrogen and oxygen atoms in total. The summed E-state index contributed by atoms with van der Waals surface area (Å²) in [5, 5.41) is 14.0. The van der Waals surface area contributed by atoms with E-state index in [4.69, 9.17) is 14.7 Å². The number of nitrogens with zero attached hydrogens (tertiary/aromatic N) is 6. The first kappa shape index (κ1) is 15.2. The first-order chi connectivity index (χ1) is 12.3. The van der Waals surface area contributed by atoms with Crippen LogP contribution in [-0.4, -0.2) is 33.6 Å². The zero-order valence-corrected chi connectivity index (χ0v) is 13.7. The third-order valence-electron chi connectivity index (χ3n) is 4.07. The summed E-state index contributed by atoms with van der Waals surface area (Å²) in [6.07, 6.45) is 3.67. The van der Waals surface area contributed by atoms with Gasteiger partial charge in [-0.25, -0.2) is 14.6 Å². The van der Waals surface area contributed by atoms with Crippen molar-refractivity contribution in [2.75, 3.05) is 18.7 Å². The summed E-state index contributed by atoms with van der Waals surface area (Å²) in [7, 11) is 1.97. The molecule has 2 aromatic heterocycles. The minimum absolute atomic E-state index is 0.267. The molecular formula is C17H16N6O2. The van der Waals surface area contributed by atoms with E-state index in [1.807, 2.05) is 30.1 Å². The van der Waals surface area contributed by atoms with E-state index in [9.17, 15) is 0 Å². The molecule has 0 fully saturated rings. The van der Waals surface area contributed by atoms with E-state index >= 15 is 0 Å². The largest absolute Gasteiger partial charge is 0.454 e. The second-order valence-corrected chi connectivity index (χ2v) is 5.75. The fourth-order valence-corrected chi connectivity index (χ4v) is 2.89. The Bertz CT molecular complexity index is 961. The van der Waals surface area contributed by atoms with Crippen molar-refractivity contribution in [3.8, 4) is 17.6 Å². The maximum Gasteiger partial charge on any atom is 0.231 e. The number of nitriles is 1. The van der Waals surface area contributed by atoms with Gasteiger partial charge in [0, 0.05) is 13.6 Å². The van der Waals surface area contributed by atoms with Crippen molar-refractivity contribution in [3.05, 3.63) is 36.3 Å². The monoisotopic (exact) mass is 336 g/mol. The van der Waals surface area contributed by atoms with Crippen LogP contribution in [0.15, 0.2) is 30.7 Å². The van der Waals surface area contributed by atoms with Crippen LogP contribution in [0.5, 0.6) is 11.5 Å². The molecule has 0 unspecified atom stereocenters. The lowest BCUT2D eigenvalue weighted by molar-refractivity contribution is 0.174. The second-order valence-electron chi connectivity index (χ2n) is 5.75. The molecule has 0 spiro atoms. The molecule has 0 aliphatic carbocycles. The molecule has 0 N–H and O–H groups in total. The van der Waals surface area contributed by atoms with Gasteiger partial charge in [0.25, 0.3) is 0 Å². The van der Waals surface area contributed by atoms with E-state index in [2.05, 4.69) is 21.1 Å². The summed E-state index contributed by atoms with van der Waals surface area (Å²) in [4.78, 5) is 10.8. The van der Waals surface area contributed by atoms with Gasteiger partial charge in [-0.3, -0.25) is 0 Å². The summed E-state index contributed by atoms with van der Waals surface area (Å²) in [6, 6.07) is 8.03. The van der Waals surface area contributed by atoms with Gasteiger partial charge in [-0.05, 0) is 17.7 Å². The van der Waals surface area contributed by atoms with E-state index in [-0.39, 0.29) is 6.79 Å². The molecule has 126 valence electrons. The van der Waals surface area contributed by atoms with Gasteiger partial charge in [-0.1, -0.05) is 6.07 Å². The van der Waals surface area contributed by atoms with Crippen LogP contribution in [0.2, 0.25) is 0 Å². The van der Waals surface area contributed by atoms with E-state index in [0.717, 1.165) is 33.9 Å². The number of rotatable bonds is 5. The summed E-state index contributed by atoms with van der Waals surface area (Å²) in [6.45, 7) is 1.44. The zero-order chi connectivity index (χ0) is 17.2. The predicted octanol–water partition coefficient (Wildman–Crippen LogP) is 2.11. The van der Waals surface area contributed by atoms with Crippen LogP contribution in [0.3, 0.4) is 0 Å². The van der Waals surface area contributed by atoms with Crippen LogP contribution < -0.4 is 14.4 Å². The number of benzene rings is 1. The SMILES string of the molecule is CN(Cc1ccc2c(c1)OCO2)c1ncnc2c1cnn2CCC#N. The highest BCUT2D eigenvalue weighted by molar-refractivity contribution is 5.86. The molecule has 3 aromatic rings. The number of ether oxygens (including phenoxy) is 2. The van der Waals surface area contributed by atoms with Crippen LogP contribution in [0, 0.1) is 11.3 Å².